The monoisotopic (exact) mass is 336 g/mol. The molecule has 1 amide bonds. The van der Waals surface area contributed by atoms with E-state index in [1.54, 1.807) is 4.57 Å². The van der Waals surface area contributed by atoms with Crippen LogP contribution in [-0.4, -0.2) is 29.6 Å². The molecule has 1 aromatic carbocycles. The van der Waals surface area contributed by atoms with Gasteiger partial charge in [-0.15, -0.1) is 0 Å². The number of amides is 1. The molecule has 0 saturated carbocycles. The van der Waals surface area contributed by atoms with Crippen molar-refractivity contribution in [2.75, 3.05) is 7.11 Å². The van der Waals surface area contributed by atoms with Crippen LogP contribution in [0.15, 0.2) is 30.5 Å². The summed E-state index contributed by atoms with van der Waals surface area (Å²) in [5, 5.41) is 4.37. The van der Waals surface area contributed by atoms with Crippen molar-refractivity contribution in [1.29, 1.82) is 0 Å². The molecule has 1 unspecified atom stereocenters. The number of esters is 1. The van der Waals surface area contributed by atoms with Crippen molar-refractivity contribution in [3.63, 3.8) is 0 Å². The Morgan fingerprint density at radius 1 is 1.30 bits per heavy atom. The SMILES string of the molecule is COC(=O)C(CC(C)C)NC(=O)Cn1ccc2ccc(Cl)cc21. The Morgan fingerprint density at radius 3 is 2.70 bits per heavy atom. The van der Waals surface area contributed by atoms with Crippen LogP contribution in [0.1, 0.15) is 20.3 Å². The molecule has 1 N–H and O–H groups in total. The van der Waals surface area contributed by atoms with Crippen LogP contribution in [0.2, 0.25) is 5.02 Å². The highest BCUT2D eigenvalue weighted by molar-refractivity contribution is 6.31. The fourth-order valence-electron chi connectivity index (χ4n) is 2.52. The van der Waals surface area contributed by atoms with Crippen molar-refractivity contribution in [2.24, 2.45) is 5.92 Å². The summed E-state index contributed by atoms with van der Waals surface area (Å²) in [6.07, 6.45) is 2.37. The van der Waals surface area contributed by atoms with Gasteiger partial charge >= 0.3 is 5.97 Å². The van der Waals surface area contributed by atoms with Crippen LogP contribution in [0.3, 0.4) is 0 Å². The second-order valence-corrected chi connectivity index (χ2v) is 6.36. The maximum atomic E-state index is 12.3. The van der Waals surface area contributed by atoms with Crippen LogP contribution in [0.5, 0.6) is 0 Å². The van der Waals surface area contributed by atoms with E-state index in [1.165, 1.54) is 7.11 Å². The number of rotatable bonds is 6. The van der Waals surface area contributed by atoms with Crippen molar-refractivity contribution >= 4 is 34.4 Å². The van der Waals surface area contributed by atoms with E-state index >= 15 is 0 Å². The number of nitrogens with one attached hydrogen (secondary N) is 1. The van der Waals surface area contributed by atoms with E-state index in [-0.39, 0.29) is 18.4 Å². The number of hydrogen-bond acceptors (Lipinski definition) is 3. The molecular formula is C17H21ClN2O3. The lowest BCUT2D eigenvalue weighted by atomic mass is 10.0. The third-order valence-corrected chi connectivity index (χ3v) is 3.81. The maximum absolute atomic E-state index is 12.3. The molecule has 0 aliphatic heterocycles. The normalized spacial score (nSPS) is 12.4. The highest BCUT2D eigenvalue weighted by atomic mass is 35.5. The molecular weight excluding hydrogens is 316 g/mol. The van der Waals surface area contributed by atoms with Crippen LogP contribution >= 0.6 is 11.6 Å². The molecule has 1 heterocycles. The molecule has 2 aromatic rings. The molecule has 5 nitrogen and oxygen atoms in total. The summed E-state index contributed by atoms with van der Waals surface area (Å²) in [4.78, 5) is 24.1. The minimum atomic E-state index is -0.627. The molecule has 0 aliphatic carbocycles. The van der Waals surface area contributed by atoms with Gasteiger partial charge in [0.25, 0.3) is 0 Å². The van der Waals surface area contributed by atoms with Crippen molar-refractivity contribution in [3.8, 4) is 0 Å². The number of carbonyl (C=O) groups is 2. The predicted molar refractivity (Wildman–Crippen MR) is 90.3 cm³/mol. The first-order valence-corrected chi connectivity index (χ1v) is 7.90. The highest BCUT2D eigenvalue weighted by Crippen LogP contribution is 2.20. The van der Waals surface area contributed by atoms with E-state index in [9.17, 15) is 9.59 Å². The van der Waals surface area contributed by atoms with Crippen molar-refractivity contribution in [1.82, 2.24) is 9.88 Å². The second-order valence-electron chi connectivity index (χ2n) is 5.92. The van der Waals surface area contributed by atoms with Gasteiger partial charge in [0, 0.05) is 16.7 Å². The Labute approximate surface area is 140 Å². The number of benzene rings is 1. The van der Waals surface area contributed by atoms with Gasteiger partial charge in [-0.3, -0.25) is 4.79 Å². The largest absolute Gasteiger partial charge is 0.467 e. The number of ether oxygens (including phenoxy) is 1. The van der Waals surface area contributed by atoms with E-state index in [0.717, 1.165) is 10.9 Å². The second kappa shape index (κ2) is 7.51. The summed E-state index contributed by atoms with van der Waals surface area (Å²) in [5.74, 6) is -0.392. The van der Waals surface area contributed by atoms with Gasteiger partial charge in [-0.25, -0.2) is 4.79 Å². The third kappa shape index (κ3) is 4.48. The quantitative estimate of drug-likeness (QED) is 0.825. The first-order chi connectivity index (χ1) is 10.9. The van der Waals surface area contributed by atoms with Crippen LogP contribution in [0.4, 0.5) is 0 Å². The minimum absolute atomic E-state index is 0.120. The van der Waals surface area contributed by atoms with Crippen LogP contribution < -0.4 is 5.32 Å². The lowest BCUT2D eigenvalue weighted by molar-refractivity contribution is -0.145. The van der Waals surface area contributed by atoms with Gasteiger partial charge in [-0.2, -0.15) is 0 Å². The van der Waals surface area contributed by atoms with Gasteiger partial charge in [0.1, 0.15) is 12.6 Å². The molecule has 1 atom stereocenters. The zero-order valence-electron chi connectivity index (χ0n) is 13.5. The average Bonchev–Trinajstić information content (AvgIpc) is 2.87. The predicted octanol–water partition coefficient (Wildman–Crippen LogP) is 3.00. The third-order valence-electron chi connectivity index (χ3n) is 3.58. The molecule has 6 heteroatoms. The Morgan fingerprint density at radius 2 is 2.04 bits per heavy atom. The van der Waals surface area contributed by atoms with Gasteiger partial charge in [0.2, 0.25) is 5.91 Å². The van der Waals surface area contributed by atoms with Gasteiger partial charge in [0.05, 0.1) is 7.11 Å². The highest BCUT2D eigenvalue weighted by Gasteiger charge is 2.22. The number of fused-ring (bicyclic) bond motifs is 1. The van der Waals surface area contributed by atoms with Gasteiger partial charge in [-0.05, 0) is 35.9 Å². The van der Waals surface area contributed by atoms with E-state index in [1.807, 2.05) is 44.3 Å². The Hall–Kier alpha value is -2.01. The topological polar surface area (TPSA) is 60.3 Å². The van der Waals surface area contributed by atoms with E-state index < -0.39 is 12.0 Å². The van der Waals surface area contributed by atoms with E-state index in [0.29, 0.717) is 11.4 Å². The summed E-state index contributed by atoms with van der Waals surface area (Å²) in [6.45, 7) is 4.10. The number of aromatic nitrogens is 1. The summed E-state index contributed by atoms with van der Waals surface area (Å²) in [7, 11) is 1.32. The van der Waals surface area contributed by atoms with Gasteiger partial charge in [0.15, 0.2) is 0 Å². The fraction of sp³-hybridized carbons (Fsp3) is 0.412. The number of methoxy groups -OCH3 is 1. The molecule has 0 bridgehead atoms. The van der Waals surface area contributed by atoms with E-state index in [2.05, 4.69) is 5.32 Å². The summed E-state index contributed by atoms with van der Waals surface area (Å²) < 4.78 is 6.56. The minimum Gasteiger partial charge on any atom is -0.467 e. The van der Waals surface area contributed by atoms with Crippen LogP contribution in [-0.2, 0) is 20.9 Å². The van der Waals surface area contributed by atoms with Gasteiger partial charge in [-0.1, -0.05) is 31.5 Å². The van der Waals surface area contributed by atoms with Crippen molar-refractivity contribution in [3.05, 3.63) is 35.5 Å². The lowest BCUT2D eigenvalue weighted by Crippen LogP contribution is -2.43. The molecule has 124 valence electrons. The number of carbonyl (C=O) groups excluding carboxylic acids is 2. The number of nitrogens with zero attached hydrogens (tertiary/aromatic N) is 1. The van der Waals surface area contributed by atoms with Gasteiger partial charge < -0.3 is 14.6 Å². The zero-order chi connectivity index (χ0) is 17.0. The maximum Gasteiger partial charge on any atom is 0.328 e. The molecule has 0 fully saturated rings. The first kappa shape index (κ1) is 17.3. The Bertz CT molecular complexity index is 709. The zero-order valence-corrected chi connectivity index (χ0v) is 14.3. The summed E-state index contributed by atoms with van der Waals surface area (Å²) >= 11 is 6.01. The molecule has 23 heavy (non-hydrogen) atoms. The Kier molecular flexibility index (Phi) is 5.66. The summed E-state index contributed by atoms with van der Waals surface area (Å²) in [6, 6.07) is 6.82. The first-order valence-electron chi connectivity index (χ1n) is 7.52. The molecule has 0 aliphatic rings. The standard InChI is InChI=1S/C17H21ClN2O3/c1-11(2)8-14(17(22)23-3)19-16(21)10-20-7-6-12-4-5-13(18)9-15(12)20/h4-7,9,11,14H,8,10H2,1-3H3,(H,19,21). The lowest BCUT2D eigenvalue weighted by Gasteiger charge is -2.18. The van der Waals surface area contributed by atoms with Crippen LogP contribution in [0.25, 0.3) is 10.9 Å². The Balaban J connectivity index is 2.10. The molecule has 2 rings (SSSR count). The van der Waals surface area contributed by atoms with E-state index in [4.69, 9.17) is 16.3 Å². The average molecular weight is 337 g/mol. The summed E-state index contributed by atoms with van der Waals surface area (Å²) in [5.41, 5.74) is 0.881. The fourth-order valence-corrected chi connectivity index (χ4v) is 2.68. The smallest absolute Gasteiger partial charge is 0.328 e. The van der Waals surface area contributed by atoms with Crippen molar-refractivity contribution in [2.45, 2.75) is 32.9 Å². The van der Waals surface area contributed by atoms with Crippen molar-refractivity contribution < 1.29 is 14.3 Å². The molecule has 0 spiro atoms. The number of hydrogen-bond donors (Lipinski definition) is 1. The number of halogens is 1. The molecule has 0 saturated heterocycles. The molecule has 0 radical (unpaired) electrons. The van der Waals surface area contributed by atoms with Crippen LogP contribution in [0, 0.1) is 5.92 Å². The molecule has 1 aromatic heterocycles.